The zero-order chi connectivity index (χ0) is 14.0. The average Bonchev–Trinajstić information content (AvgIpc) is 2.33. The zero-order valence-electron chi connectivity index (χ0n) is 11.2. The molecule has 2 rings (SSSR count). The van der Waals surface area contributed by atoms with Crippen molar-refractivity contribution in [1.29, 1.82) is 0 Å². The highest BCUT2D eigenvalue weighted by Crippen LogP contribution is 2.38. The number of aliphatic hydroxyl groups excluding tert-OH is 1. The second kappa shape index (κ2) is 5.58. The number of rotatable bonds is 5. The Bertz CT molecular complexity index is 510. The summed E-state index contributed by atoms with van der Waals surface area (Å²) in [7, 11) is -0.483. The summed E-state index contributed by atoms with van der Waals surface area (Å²) >= 11 is 0. The molecule has 0 heterocycles. The smallest absolute Gasteiger partial charge is 0.279 e. The van der Waals surface area contributed by atoms with Gasteiger partial charge in [0, 0.05) is 14.1 Å². The molecule has 0 aromatic heterocycles. The standard InChI is InChI=1S/C13H20N2O3S/c1-15(2)19(17,18)14-13(11-8-12(16)9-11)10-6-4-3-5-7-10/h3-7,11-14,16H,8-9H2,1-2H3/t11?,12?,13-/m1/s1. The third-order valence-corrected chi connectivity index (χ3v) is 5.05. The number of hydrogen-bond donors (Lipinski definition) is 2. The van der Waals surface area contributed by atoms with Crippen LogP contribution < -0.4 is 4.72 Å². The maximum atomic E-state index is 12.0. The second-order valence-electron chi connectivity index (χ2n) is 5.18. The molecule has 1 aliphatic carbocycles. The highest BCUT2D eigenvalue weighted by atomic mass is 32.2. The Morgan fingerprint density at radius 2 is 1.84 bits per heavy atom. The molecule has 0 unspecified atom stereocenters. The van der Waals surface area contributed by atoms with Crippen LogP contribution in [-0.2, 0) is 10.2 Å². The minimum atomic E-state index is -3.48. The van der Waals surface area contributed by atoms with Crippen LogP contribution in [0.2, 0.25) is 0 Å². The van der Waals surface area contributed by atoms with Gasteiger partial charge in [-0.25, -0.2) is 0 Å². The Kier molecular flexibility index (Phi) is 4.25. The Morgan fingerprint density at radius 3 is 2.32 bits per heavy atom. The molecule has 2 N–H and O–H groups in total. The van der Waals surface area contributed by atoms with Crippen LogP contribution in [0.4, 0.5) is 0 Å². The minimum absolute atomic E-state index is 0.145. The molecule has 0 radical (unpaired) electrons. The molecule has 0 amide bonds. The van der Waals surface area contributed by atoms with Crippen molar-refractivity contribution in [2.75, 3.05) is 14.1 Å². The Labute approximate surface area is 114 Å². The molecule has 106 valence electrons. The quantitative estimate of drug-likeness (QED) is 0.844. The van der Waals surface area contributed by atoms with Gasteiger partial charge in [-0.3, -0.25) is 0 Å². The van der Waals surface area contributed by atoms with Crippen molar-refractivity contribution in [1.82, 2.24) is 9.03 Å². The van der Waals surface area contributed by atoms with Gasteiger partial charge >= 0.3 is 0 Å². The van der Waals surface area contributed by atoms with Gasteiger partial charge in [-0.2, -0.15) is 17.4 Å². The lowest BCUT2D eigenvalue weighted by Gasteiger charge is -2.38. The van der Waals surface area contributed by atoms with Gasteiger partial charge in [0.25, 0.3) is 10.2 Å². The van der Waals surface area contributed by atoms with Crippen LogP contribution in [0.15, 0.2) is 30.3 Å². The SMILES string of the molecule is CN(C)S(=O)(=O)N[C@H](c1ccccc1)C1CC(O)C1. The van der Waals surface area contributed by atoms with Gasteiger partial charge in [0.05, 0.1) is 12.1 Å². The van der Waals surface area contributed by atoms with E-state index in [9.17, 15) is 13.5 Å². The van der Waals surface area contributed by atoms with Crippen LogP contribution in [0.3, 0.4) is 0 Å². The largest absolute Gasteiger partial charge is 0.393 e. The van der Waals surface area contributed by atoms with Gasteiger partial charge in [0.2, 0.25) is 0 Å². The van der Waals surface area contributed by atoms with Crippen molar-refractivity contribution in [2.24, 2.45) is 5.92 Å². The first kappa shape index (κ1) is 14.5. The Morgan fingerprint density at radius 1 is 1.26 bits per heavy atom. The van der Waals surface area contributed by atoms with Gasteiger partial charge in [-0.15, -0.1) is 0 Å². The van der Waals surface area contributed by atoms with Crippen molar-refractivity contribution in [3.05, 3.63) is 35.9 Å². The highest BCUT2D eigenvalue weighted by molar-refractivity contribution is 7.87. The van der Waals surface area contributed by atoms with Gasteiger partial charge < -0.3 is 5.11 Å². The summed E-state index contributed by atoms with van der Waals surface area (Å²) in [5.41, 5.74) is 0.935. The van der Waals surface area contributed by atoms with Crippen molar-refractivity contribution >= 4 is 10.2 Å². The van der Waals surface area contributed by atoms with E-state index in [0.717, 1.165) is 9.87 Å². The lowest BCUT2D eigenvalue weighted by atomic mass is 9.75. The summed E-state index contributed by atoms with van der Waals surface area (Å²) in [6, 6.07) is 9.22. The van der Waals surface area contributed by atoms with Crippen LogP contribution in [0, 0.1) is 5.92 Å². The maximum Gasteiger partial charge on any atom is 0.279 e. The number of hydrogen-bond acceptors (Lipinski definition) is 3. The lowest BCUT2D eigenvalue weighted by molar-refractivity contribution is 0.0278. The van der Waals surface area contributed by atoms with Crippen LogP contribution in [0.1, 0.15) is 24.4 Å². The zero-order valence-corrected chi connectivity index (χ0v) is 12.0. The Hall–Kier alpha value is -0.950. The van der Waals surface area contributed by atoms with Crippen LogP contribution in [-0.4, -0.2) is 38.0 Å². The molecule has 1 aliphatic rings. The molecule has 0 saturated heterocycles. The van der Waals surface area contributed by atoms with Crippen LogP contribution in [0.5, 0.6) is 0 Å². The first-order chi connectivity index (χ1) is 8.90. The molecule has 1 fully saturated rings. The fraction of sp³-hybridized carbons (Fsp3) is 0.538. The summed E-state index contributed by atoms with van der Waals surface area (Å²) in [6.07, 6.45) is 0.963. The molecule has 5 nitrogen and oxygen atoms in total. The molecular formula is C13H20N2O3S. The number of aliphatic hydroxyl groups is 1. The van der Waals surface area contributed by atoms with E-state index in [0.29, 0.717) is 12.8 Å². The number of nitrogens with one attached hydrogen (secondary N) is 1. The summed E-state index contributed by atoms with van der Waals surface area (Å²) in [5.74, 6) is 0.145. The van der Waals surface area contributed by atoms with Crippen LogP contribution in [0.25, 0.3) is 0 Å². The van der Waals surface area contributed by atoms with E-state index >= 15 is 0 Å². The first-order valence-electron chi connectivity index (χ1n) is 6.33. The molecule has 1 aromatic carbocycles. The van der Waals surface area contributed by atoms with Crippen LogP contribution >= 0.6 is 0 Å². The summed E-state index contributed by atoms with van der Waals surface area (Å²) in [4.78, 5) is 0. The van der Waals surface area contributed by atoms with Gasteiger partial charge in [0.15, 0.2) is 0 Å². The van der Waals surface area contributed by atoms with Crippen molar-refractivity contribution in [3.63, 3.8) is 0 Å². The molecule has 1 atom stereocenters. The molecule has 1 aromatic rings. The van der Waals surface area contributed by atoms with Crippen molar-refractivity contribution < 1.29 is 13.5 Å². The van der Waals surface area contributed by atoms with Crippen molar-refractivity contribution in [3.8, 4) is 0 Å². The number of nitrogens with zero attached hydrogens (tertiary/aromatic N) is 1. The fourth-order valence-corrected chi connectivity index (χ4v) is 3.12. The average molecular weight is 284 g/mol. The molecule has 19 heavy (non-hydrogen) atoms. The van der Waals surface area contributed by atoms with E-state index in [1.807, 2.05) is 30.3 Å². The third-order valence-electron chi connectivity index (χ3n) is 3.54. The highest BCUT2D eigenvalue weighted by Gasteiger charge is 2.37. The van der Waals surface area contributed by atoms with E-state index in [-0.39, 0.29) is 18.1 Å². The summed E-state index contributed by atoms with van der Waals surface area (Å²) in [6.45, 7) is 0. The van der Waals surface area contributed by atoms with Gasteiger partial charge in [0.1, 0.15) is 0 Å². The predicted octanol–water partition coefficient (Wildman–Crippen LogP) is 0.895. The van der Waals surface area contributed by atoms with Gasteiger partial charge in [-0.05, 0) is 24.3 Å². The maximum absolute atomic E-state index is 12.0. The summed E-state index contributed by atoms with van der Waals surface area (Å²) in [5, 5.41) is 9.43. The van der Waals surface area contributed by atoms with E-state index in [1.54, 1.807) is 0 Å². The minimum Gasteiger partial charge on any atom is -0.393 e. The molecular weight excluding hydrogens is 264 g/mol. The number of benzene rings is 1. The molecule has 0 spiro atoms. The van der Waals surface area contributed by atoms with E-state index < -0.39 is 10.2 Å². The monoisotopic (exact) mass is 284 g/mol. The molecule has 6 heteroatoms. The predicted molar refractivity (Wildman–Crippen MR) is 73.7 cm³/mol. The molecule has 1 saturated carbocycles. The molecule has 0 bridgehead atoms. The van der Waals surface area contributed by atoms with Crippen molar-refractivity contribution in [2.45, 2.75) is 25.0 Å². The third kappa shape index (κ3) is 3.33. The van der Waals surface area contributed by atoms with E-state index in [4.69, 9.17) is 0 Å². The normalized spacial score (nSPS) is 25.1. The fourth-order valence-electron chi connectivity index (χ4n) is 2.26. The van der Waals surface area contributed by atoms with E-state index in [1.165, 1.54) is 14.1 Å². The summed E-state index contributed by atoms with van der Waals surface area (Å²) < 4.78 is 27.9. The second-order valence-corrected chi connectivity index (χ2v) is 7.10. The van der Waals surface area contributed by atoms with Gasteiger partial charge in [-0.1, -0.05) is 30.3 Å². The Balaban J connectivity index is 2.21. The van der Waals surface area contributed by atoms with E-state index in [2.05, 4.69) is 4.72 Å². The lowest BCUT2D eigenvalue weighted by Crippen LogP contribution is -2.45. The first-order valence-corrected chi connectivity index (χ1v) is 7.77. The topological polar surface area (TPSA) is 69.6 Å². The molecule has 0 aliphatic heterocycles.